The fourth-order valence-electron chi connectivity index (χ4n) is 2.85. The van der Waals surface area contributed by atoms with E-state index in [2.05, 4.69) is 15.2 Å². The molecule has 1 aromatic carbocycles. The minimum Gasteiger partial charge on any atom is -0.459 e. The molecule has 4 aromatic rings. The van der Waals surface area contributed by atoms with Crippen molar-refractivity contribution in [2.45, 2.75) is 30.5 Å². The summed E-state index contributed by atoms with van der Waals surface area (Å²) in [7, 11) is 0. The lowest BCUT2D eigenvalue weighted by Gasteiger charge is -2.20. The van der Waals surface area contributed by atoms with Crippen molar-refractivity contribution >= 4 is 29.0 Å². The van der Waals surface area contributed by atoms with Gasteiger partial charge >= 0.3 is 0 Å². The van der Waals surface area contributed by atoms with Crippen LogP contribution < -0.4 is 0 Å². The third-order valence-corrected chi connectivity index (χ3v) is 5.96. The lowest BCUT2D eigenvalue weighted by atomic mass is 10.2. The maximum atomic E-state index is 13.0. The molecular weight excluding hydrogens is 420 g/mol. The second-order valence-electron chi connectivity index (χ2n) is 6.50. The average Bonchev–Trinajstić information content (AvgIpc) is 3.54. The SMILES string of the molecule is CCCN(Cc1nnc(-c2ccco2)o1)C(=O)c1ccc(SCc2cscn2)cc1. The number of nitrogens with zero attached hydrogens (tertiary/aromatic N) is 4. The van der Waals surface area contributed by atoms with Gasteiger partial charge in [-0.2, -0.15) is 0 Å². The van der Waals surface area contributed by atoms with Gasteiger partial charge in [-0.25, -0.2) is 4.98 Å². The Morgan fingerprint density at radius 1 is 1.20 bits per heavy atom. The molecule has 0 bridgehead atoms. The Labute approximate surface area is 182 Å². The molecule has 0 unspecified atom stereocenters. The van der Waals surface area contributed by atoms with Crippen molar-refractivity contribution < 1.29 is 13.6 Å². The van der Waals surface area contributed by atoms with Gasteiger partial charge in [0.1, 0.15) is 0 Å². The molecule has 0 radical (unpaired) electrons. The summed E-state index contributed by atoms with van der Waals surface area (Å²) in [6, 6.07) is 11.2. The minimum atomic E-state index is -0.0642. The highest BCUT2D eigenvalue weighted by atomic mass is 32.2. The number of rotatable bonds is 9. The van der Waals surface area contributed by atoms with Crippen LogP contribution in [0.2, 0.25) is 0 Å². The summed E-state index contributed by atoms with van der Waals surface area (Å²) in [5, 5.41) is 10.1. The first-order chi connectivity index (χ1) is 14.7. The molecule has 0 aliphatic rings. The lowest BCUT2D eigenvalue weighted by molar-refractivity contribution is 0.0728. The van der Waals surface area contributed by atoms with Gasteiger partial charge < -0.3 is 13.7 Å². The van der Waals surface area contributed by atoms with Crippen LogP contribution in [0.4, 0.5) is 0 Å². The topological polar surface area (TPSA) is 85.3 Å². The third-order valence-electron chi connectivity index (χ3n) is 4.28. The van der Waals surface area contributed by atoms with Gasteiger partial charge in [0, 0.05) is 28.1 Å². The van der Waals surface area contributed by atoms with Crippen molar-refractivity contribution in [3.8, 4) is 11.7 Å². The number of carbonyl (C=O) groups excluding carboxylic acids is 1. The van der Waals surface area contributed by atoms with Gasteiger partial charge in [0.05, 0.1) is 24.0 Å². The Morgan fingerprint density at radius 3 is 2.77 bits per heavy atom. The van der Waals surface area contributed by atoms with Crippen molar-refractivity contribution in [2.24, 2.45) is 0 Å². The van der Waals surface area contributed by atoms with E-state index in [1.54, 1.807) is 46.4 Å². The Kier molecular flexibility index (Phi) is 6.60. The second kappa shape index (κ2) is 9.73. The van der Waals surface area contributed by atoms with Crippen molar-refractivity contribution in [1.29, 1.82) is 0 Å². The van der Waals surface area contributed by atoms with Gasteiger partial charge in [-0.05, 0) is 42.8 Å². The molecular formula is C21H20N4O3S2. The number of hydrogen-bond donors (Lipinski definition) is 0. The van der Waals surface area contributed by atoms with E-state index in [1.807, 2.05) is 42.1 Å². The van der Waals surface area contributed by atoms with E-state index in [9.17, 15) is 4.79 Å². The predicted octanol–water partition coefficient (Wildman–Crippen LogP) is 5.13. The van der Waals surface area contributed by atoms with E-state index in [0.29, 0.717) is 29.6 Å². The van der Waals surface area contributed by atoms with Crippen LogP contribution in [-0.4, -0.2) is 32.5 Å². The number of hydrogen-bond acceptors (Lipinski definition) is 8. The molecule has 0 saturated heterocycles. The molecule has 0 fully saturated rings. The second-order valence-corrected chi connectivity index (χ2v) is 8.27. The number of aromatic nitrogens is 3. The van der Waals surface area contributed by atoms with E-state index in [4.69, 9.17) is 8.83 Å². The van der Waals surface area contributed by atoms with E-state index in [-0.39, 0.29) is 12.5 Å². The van der Waals surface area contributed by atoms with Crippen molar-refractivity contribution in [3.63, 3.8) is 0 Å². The van der Waals surface area contributed by atoms with E-state index >= 15 is 0 Å². The molecule has 7 nitrogen and oxygen atoms in total. The largest absolute Gasteiger partial charge is 0.459 e. The highest BCUT2D eigenvalue weighted by Crippen LogP contribution is 2.24. The Balaban J connectivity index is 1.41. The monoisotopic (exact) mass is 440 g/mol. The molecule has 0 aliphatic carbocycles. The molecule has 3 heterocycles. The van der Waals surface area contributed by atoms with Gasteiger partial charge in [-0.3, -0.25) is 4.79 Å². The van der Waals surface area contributed by atoms with Crippen molar-refractivity contribution in [2.75, 3.05) is 6.54 Å². The first-order valence-corrected chi connectivity index (χ1v) is 11.4. The zero-order valence-electron chi connectivity index (χ0n) is 16.4. The zero-order chi connectivity index (χ0) is 20.8. The molecule has 9 heteroatoms. The number of thiazole rings is 1. The normalized spacial score (nSPS) is 11.0. The summed E-state index contributed by atoms with van der Waals surface area (Å²) < 4.78 is 10.9. The van der Waals surface area contributed by atoms with Crippen LogP contribution in [-0.2, 0) is 12.3 Å². The highest BCUT2D eigenvalue weighted by molar-refractivity contribution is 7.98. The van der Waals surface area contributed by atoms with Crippen LogP contribution >= 0.6 is 23.1 Å². The fraction of sp³-hybridized carbons (Fsp3) is 0.238. The maximum absolute atomic E-state index is 13.0. The first-order valence-electron chi connectivity index (χ1n) is 9.48. The Bertz CT molecular complexity index is 1060. The lowest BCUT2D eigenvalue weighted by Crippen LogP contribution is -2.31. The van der Waals surface area contributed by atoms with Crippen LogP contribution in [0.1, 0.15) is 35.3 Å². The molecule has 154 valence electrons. The van der Waals surface area contributed by atoms with Crippen molar-refractivity contribution in [3.05, 3.63) is 70.7 Å². The van der Waals surface area contributed by atoms with Gasteiger partial charge in [-0.1, -0.05) is 6.92 Å². The van der Waals surface area contributed by atoms with Gasteiger partial charge in [0.15, 0.2) is 5.76 Å². The van der Waals surface area contributed by atoms with Crippen LogP contribution in [0.25, 0.3) is 11.7 Å². The number of furan rings is 1. The third kappa shape index (κ3) is 4.98. The molecule has 0 spiro atoms. The molecule has 4 rings (SSSR count). The van der Waals surface area contributed by atoms with E-state index < -0.39 is 0 Å². The first kappa shape index (κ1) is 20.4. The summed E-state index contributed by atoms with van der Waals surface area (Å²) in [4.78, 5) is 20.1. The Hall–Kier alpha value is -2.91. The molecule has 0 N–H and O–H groups in total. The van der Waals surface area contributed by atoms with E-state index in [1.165, 1.54) is 0 Å². The molecule has 0 aliphatic heterocycles. The van der Waals surface area contributed by atoms with E-state index in [0.717, 1.165) is 22.8 Å². The number of benzene rings is 1. The van der Waals surface area contributed by atoms with Gasteiger partial charge in [0.2, 0.25) is 5.89 Å². The number of carbonyl (C=O) groups is 1. The summed E-state index contributed by atoms with van der Waals surface area (Å²) in [5.41, 5.74) is 3.53. The zero-order valence-corrected chi connectivity index (χ0v) is 18.0. The summed E-state index contributed by atoms with van der Waals surface area (Å²) in [5.74, 6) is 1.94. The molecule has 3 aromatic heterocycles. The smallest absolute Gasteiger partial charge is 0.283 e. The highest BCUT2D eigenvalue weighted by Gasteiger charge is 2.19. The molecule has 1 amide bonds. The molecule has 0 atom stereocenters. The molecule has 30 heavy (non-hydrogen) atoms. The minimum absolute atomic E-state index is 0.0642. The van der Waals surface area contributed by atoms with Crippen LogP contribution in [0.5, 0.6) is 0 Å². The molecule has 0 saturated carbocycles. The number of amides is 1. The van der Waals surface area contributed by atoms with Crippen molar-refractivity contribution in [1.82, 2.24) is 20.1 Å². The average molecular weight is 441 g/mol. The van der Waals surface area contributed by atoms with Crippen LogP contribution in [0, 0.1) is 0 Å². The maximum Gasteiger partial charge on any atom is 0.283 e. The quantitative estimate of drug-likeness (QED) is 0.334. The van der Waals surface area contributed by atoms with Crippen LogP contribution in [0.15, 0.2) is 67.3 Å². The number of thioether (sulfide) groups is 1. The van der Waals surface area contributed by atoms with Crippen LogP contribution in [0.3, 0.4) is 0 Å². The summed E-state index contributed by atoms with van der Waals surface area (Å²) >= 11 is 3.29. The predicted molar refractivity (Wildman–Crippen MR) is 115 cm³/mol. The standard InChI is InChI=1S/C21H20N4O3S2/c1-2-9-25(11-19-23-24-20(28-19)18-4-3-10-27-18)21(26)15-5-7-17(8-6-15)30-13-16-12-29-14-22-16/h3-8,10,12,14H,2,9,11,13H2,1H3. The fourth-order valence-corrected chi connectivity index (χ4v) is 4.31. The summed E-state index contributed by atoms with van der Waals surface area (Å²) in [6.45, 7) is 2.87. The summed E-state index contributed by atoms with van der Waals surface area (Å²) in [6.07, 6.45) is 2.37. The Morgan fingerprint density at radius 2 is 2.07 bits per heavy atom. The van der Waals surface area contributed by atoms with Gasteiger partial charge in [0.25, 0.3) is 11.8 Å². The van der Waals surface area contributed by atoms with Gasteiger partial charge in [-0.15, -0.1) is 33.3 Å².